The molecule has 0 fully saturated rings. The lowest BCUT2D eigenvalue weighted by molar-refractivity contribution is -0.384. The van der Waals surface area contributed by atoms with Crippen LogP contribution in [0.3, 0.4) is 0 Å². The number of nitrogens with zero attached hydrogens (tertiary/aromatic N) is 3. The van der Waals surface area contributed by atoms with Gasteiger partial charge in [-0.25, -0.2) is 4.79 Å². The van der Waals surface area contributed by atoms with Crippen molar-refractivity contribution in [1.29, 1.82) is 0 Å². The second kappa shape index (κ2) is 9.35. The fourth-order valence-corrected chi connectivity index (χ4v) is 2.34. The lowest BCUT2D eigenvalue weighted by atomic mass is 10.2. The molecular weight excluding hydrogens is 344 g/mol. The van der Waals surface area contributed by atoms with Crippen LogP contribution in [0, 0.1) is 10.1 Å². The van der Waals surface area contributed by atoms with Crippen LogP contribution in [0.5, 0.6) is 0 Å². The molecule has 0 aliphatic carbocycles. The van der Waals surface area contributed by atoms with Crippen molar-refractivity contribution >= 4 is 29.2 Å². The number of para-hydroxylation sites is 2. The van der Waals surface area contributed by atoms with E-state index in [0.29, 0.717) is 0 Å². The summed E-state index contributed by atoms with van der Waals surface area (Å²) in [5.74, 6) is -2.00. The van der Waals surface area contributed by atoms with E-state index in [1.54, 1.807) is 6.07 Å². The van der Waals surface area contributed by atoms with E-state index in [9.17, 15) is 29.6 Å². The van der Waals surface area contributed by atoms with Crippen molar-refractivity contribution in [3.8, 4) is 0 Å². The number of benzene rings is 1. The van der Waals surface area contributed by atoms with E-state index in [1.165, 1.54) is 44.0 Å². The number of nitro groups is 1. The Hall–Kier alpha value is -3.17. The summed E-state index contributed by atoms with van der Waals surface area (Å²) in [6, 6.07) is 4.86. The summed E-state index contributed by atoms with van der Waals surface area (Å²) >= 11 is 0. The van der Waals surface area contributed by atoms with Crippen LogP contribution in [-0.4, -0.2) is 65.4 Å². The lowest BCUT2D eigenvalue weighted by Gasteiger charge is -2.29. The highest BCUT2D eigenvalue weighted by molar-refractivity contribution is 5.87. The number of nitro benzene ring substituents is 1. The predicted molar refractivity (Wildman–Crippen MR) is 93.9 cm³/mol. The molecule has 0 aliphatic rings. The zero-order valence-electron chi connectivity index (χ0n) is 14.8. The molecule has 0 aliphatic heterocycles. The average molecular weight is 366 g/mol. The van der Waals surface area contributed by atoms with E-state index < -0.39 is 22.8 Å². The molecule has 26 heavy (non-hydrogen) atoms. The van der Waals surface area contributed by atoms with Crippen LogP contribution in [-0.2, 0) is 14.4 Å². The van der Waals surface area contributed by atoms with Crippen molar-refractivity contribution in [2.45, 2.75) is 19.9 Å². The van der Waals surface area contributed by atoms with Crippen LogP contribution >= 0.6 is 0 Å². The third-order valence-electron chi connectivity index (χ3n) is 3.73. The van der Waals surface area contributed by atoms with E-state index in [0.717, 1.165) is 4.90 Å². The zero-order chi connectivity index (χ0) is 19.9. The van der Waals surface area contributed by atoms with Crippen LogP contribution < -0.4 is 10.2 Å². The molecule has 2 amide bonds. The highest BCUT2D eigenvalue weighted by atomic mass is 16.6. The molecule has 0 spiro atoms. The number of hydrogen-bond donors (Lipinski definition) is 2. The first-order valence-electron chi connectivity index (χ1n) is 7.86. The summed E-state index contributed by atoms with van der Waals surface area (Å²) in [4.78, 5) is 47.9. The van der Waals surface area contributed by atoms with Gasteiger partial charge in [-0.2, -0.15) is 0 Å². The number of anilines is 1. The van der Waals surface area contributed by atoms with Gasteiger partial charge in [-0.3, -0.25) is 19.7 Å². The van der Waals surface area contributed by atoms with E-state index in [4.69, 9.17) is 0 Å². The standard InChI is InChI=1S/C16H22N4O6/c1-11(16(23)24)19(9-8-17-12(2)21)15(22)10-18(3)13-6-4-5-7-14(13)20(25)26/h4-7,11H,8-10H2,1-3H3,(H,17,21)(H,23,24). The maximum atomic E-state index is 12.6. The Kier molecular flexibility index (Phi) is 7.51. The SMILES string of the molecule is CC(=O)NCCN(C(=O)CN(C)c1ccccc1[N+](=O)[O-])C(C)C(=O)O. The van der Waals surface area contributed by atoms with E-state index in [-0.39, 0.29) is 36.9 Å². The molecule has 142 valence electrons. The monoisotopic (exact) mass is 366 g/mol. The summed E-state index contributed by atoms with van der Waals surface area (Å²) in [7, 11) is 1.51. The summed E-state index contributed by atoms with van der Waals surface area (Å²) in [6.45, 7) is 2.54. The number of nitrogens with one attached hydrogen (secondary N) is 1. The Morgan fingerprint density at radius 1 is 1.31 bits per heavy atom. The number of carbonyl (C=O) groups excluding carboxylic acids is 2. The second-order valence-electron chi connectivity index (χ2n) is 5.69. The van der Waals surface area contributed by atoms with Gasteiger partial charge in [-0.15, -0.1) is 0 Å². The van der Waals surface area contributed by atoms with Crippen LogP contribution in [0.15, 0.2) is 24.3 Å². The van der Waals surface area contributed by atoms with Gasteiger partial charge in [0.05, 0.1) is 11.5 Å². The molecule has 10 heteroatoms. The summed E-state index contributed by atoms with van der Waals surface area (Å²) < 4.78 is 0. The first-order chi connectivity index (χ1) is 12.1. The number of rotatable bonds is 9. The maximum absolute atomic E-state index is 12.6. The quantitative estimate of drug-likeness (QED) is 0.479. The normalized spacial score (nSPS) is 11.3. The Bertz CT molecular complexity index is 693. The highest BCUT2D eigenvalue weighted by Crippen LogP contribution is 2.26. The molecule has 10 nitrogen and oxygen atoms in total. The number of hydrogen-bond acceptors (Lipinski definition) is 6. The highest BCUT2D eigenvalue weighted by Gasteiger charge is 2.27. The maximum Gasteiger partial charge on any atom is 0.326 e. The van der Waals surface area contributed by atoms with Gasteiger partial charge in [0.1, 0.15) is 11.7 Å². The fourth-order valence-electron chi connectivity index (χ4n) is 2.34. The van der Waals surface area contributed by atoms with Crippen molar-refractivity contribution < 1.29 is 24.4 Å². The van der Waals surface area contributed by atoms with Crippen molar-refractivity contribution in [3.05, 3.63) is 34.4 Å². The molecular formula is C16H22N4O6. The average Bonchev–Trinajstić information content (AvgIpc) is 2.57. The van der Waals surface area contributed by atoms with Gasteiger partial charge in [-0.05, 0) is 13.0 Å². The topological polar surface area (TPSA) is 133 Å². The molecule has 1 aromatic carbocycles. The molecule has 1 atom stereocenters. The number of aliphatic carboxylic acids is 1. The molecule has 0 radical (unpaired) electrons. The van der Waals surface area contributed by atoms with Gasteiger partial charge in [0.15, 0.2) is 0 Å². The van der Waals surface area contributed by atoms with Crippen molar-refractivity contribution in [2.24, 2.45) is 0 Å². The number of amides is 2. The molecule has 1 aromatic rings. The van der Waals surface area contributed by atoms with Crippen LogP contribution in [0.25, 0.3) is 0 Å². The first kappa shape index (κ1) is 20.9. The summed E-state index contributed by atoms with van der Waals surface area (Å²) in [5.41, 5.74) is 0.0921. The zero-order valence-corrected chi connectivity index (χ0v) is 14.8. The van der Waals surface area contributed by atoms with Gasteiger partial charge in [0.25, 0.3) is 5.69 Å². The van der Waals surface area contributed by atoms with Gasteiger partial charge in [0.2, 0.25) is 11.8 Å². The number of carboxylic acids is 1. The van der Waals surface area contributed by atoms with E-state index in [2.05, 4.69) is 5.32 Å². The van der Waals surface area contributed by atoms with Crippen LogP contribution in [0.1, 0.15) is 13.8 Å². The Labute approximate surface area is 150 Å². The Balaban J connectivity index is 2.92. The molecule has 1 rings (SSSR count). The molecule has 2 N–H and O–H groups in total. The van der Waals surface area contributed by atoms with Crippen molar-refractivity contribution in [1.82, 2.24) is 10.2 Å². The fraction of sp³-hybridized carbons (Fsp3) is 0.438. The van der Waals surface area contributed by atoms with Crippen LogP contribution in [0.2, 0.25) is 0 Å². The molecule has 0 saturated heterocycles. The largest absolute Gasteiger partial charge is 0.480 e. The second-order valence-corrected chi connectivity index (χ2v) is 5.69. The molecule has 0 saturated carbocycles. The predicted octanol–water partition coefficient (Wildman–Crippen LogP) is 0.469. The summed E-state index contributed by atoms with van der Waals surface area (Å²) in [6.07, 6.45) is 0. The number of likely N-dealkylation sites (N-methyl/N-ethyl adjacent to an activating group) is 1. The van der Waals surface area contributed by atoms with Crippen LogP contribution in [0.4, 0.5) is 11.4 Å². The molecule has 0 bridgehead atoms. The molecule has 1 unspecified atom stereocenters. The minimum atomic E-state index is -1.19. The van der Waals surface area contributed by atoms with Gasteiger partial charge in [-0.1, -0.05) is 12.1 Å². The Morgan fingerprint density at radius 2 is 1.92 bits per heavy atom. The van der Waals surface area contributed by atoms with Gasteiger partial charge < -0.3 is 20.2 Å². The third-order valence-corrected chi connectivity index (χ3v) is 3.73. The third kappa shape index (κ3) is 5.72. The van der Waals surface area contributed by atoms with Gasteiger partial charge >= 0.3 is 5.97 Å². The first-order valence-corrected chi connectivity index (χ1v) is 7.86. The van der Waals surface area contributed by atoms with Crippen molar-refractivity contribution in [2.75, 3.05) is 31.6 Å². The smallest absolute Gasteiger partial charge is 0.326 e. The minimum Gasteiger partial charge on any atom is -0.480 e. The number of carbonyl (C=O) groups is 3. The van der Waals surface area contributed by atoms with Crippen molar-refractivity contribution in [3.63, 3.8) is 0 Å². The van der Waals surface area contributed by atoms with E-state index in [1.807, 2.05) is 0 Å². The lowest BCUT2D eigenvalue weighted by Crippen LogP contribution is -2.49. The van der Waals surface area contributed by atoms with E-state index >= 15 is 0 Å². The summed E-state index contributed by atoms with van der Waals surface area (Å²) in [5, 5.41) is 22.8. The Morgan fingerprint density at radius 3 is 2.46 bits per heavy atom. The minimum absolute atomic E-state index is 0.0105. The number of carboxylic acid groups (broad SMARTS) is 1. The molecule has 0 aromatic heterocycles. The molecule has 0 heterocycles. The van der Waals surface area contributed by atoms with Gasteiger partial charge in [0, 0.05) is 33.1 Å².